The highest BCUT2D eigenvalue weighted by atomic mass is 36.0. The Bertz CT molecular complexity index is 3420. The van der Waals surface area contributed by atoms with Gasteiger partial charge in [-0.1, -0.05) is 25.4 Å². The minimum Gasteiger partial charge on any atom is -0.462 e. The summed E-state index contributed by atoms with van der Waals surface area (Å²) in [7, 11) is 7.85. The lowest BCUT2D eigenvalue weighted by atomic mass is 9.95. The number of amides is 1. The molecule has 7 heterocycles. The number of nitrogen functional groups attached to an aromatic ring is 1. The van der Waals surface area contributed by atoms with Crippen molar-refractivity contribution in [1.82, 2.24) is 35.2 Å². The van der Waals surface area contributed by atoms with Crippen LogP contribution >= 0.6 is 95.9 Å². The van der Waals surface area contributed by atoms with Crippen LogP contribution in [0.4, 0.5) is 10.8 Å². The number of esters is 2. The third kappa shape index (κ3) is 23.9. The second-order valence-electron chi connectivity index (χ2n) is 19.6. The highest BCUT2D eigenvalue weighted by molar-refractivity contribution is 8.24. The van der Waals surface area contributed by atoms with Gasteiger partial charge in [0.25, 0.3) is 5.56 Å². The van der Waals surface area contributed by atoms with Gasteiger partial charge in [0.2, 0.25) is 6.41 Å². The van der Waals surface area contributed by atoms with E-state index < -0.39 is 11.2 Å². The molecule has 1 amide bonds. The minimum atomic E-state index is -3.22. The van der Waals surface area contributed by atoms with Gasteiger partial charge in [-0.15, -0.1) is 45.3 Å². The fraction of sp³-hybridized carbons (Fsp3) is 0.534. The fourth-order valence-corrected chi connectivity index (χ4v) is 14.9. The number of nitrogens with one attached hydrogen (secondary N) is 2. The van der Waals surface area contributed by atoms with Crippen molar-refractivity contribution in [3.63, 3.8) is 0 Å². The molecule has 0 atom stereocenters. The first-order chi connectivity index (χ1) is 40.8. The molecule has 0 saturated heterocycles. The van der Waals surface area contributed by atoms with Crippen molar-refractivity contribution >= 4 is 161 Å². The van der Waals surface area contributed by atoms with Crippen molar-refractivity contribution in [1.29, 1.82) is 0 Å². The van der Waals surface area contributed by atoms with Crippen LogP contribution in [0.2, 0.25) is 5.15 Å². The summed E-state index contributed by atoms with van der Waals surface area (Å²) in [6.45, 7) is 10.4. The standard InChI is InChI=1S/C12H15N3S.C11H15NO2S.C10H9ClN2S.C10H10N2OS.C6H10O.C5H7NO2.C2H7N.CH3NO.CH4.Cl3OP/c1-15(2)11-10-8-5-3-4-6-9(8)16-12(10)14-7-13-11;1-2-14-11(13)9-7-5-3-4-6-8(7)15-10(9)12;11-9-8-6-3-1-2-4-7(6)14-10(8)13-5-12-9;13-9-8-6-3-1-2-4-7(6)14-10(8)12-5-11-9;7-6-4-2-1-3-5-6;1-3-8-5(7)4-6-2;1-3-2;2-1-3;;1-5(2,3)4/h7H,3-6H2,1-2H3;2-6,12H2,1H3;5H,1-4H2;5H,1-4H2,(H,11,12,13);1-5H2;3-4H2,1H3;3H,1-2H3;1H,(H2,2,3);1H4;. The van der Waals surface area contributed by atoms with Crippen LogP contribution in [-0.4, -0.2) is 102 Å². The number of carbonyl (C=O) groups excluding carboxylic acids is 4. The van der Waals surface area contributed by atoms with Gasteiger partial charge >= 0.3 is 23.7 Å². The number of aromatic amines is 1. The van der Waals surface area contributed by atoms with Crippen molar-refractivity contribution in [3.05, 3.63) is 93.2 Å². The number of halogens is 4. The summed E-state index contributed by atoms with van der Waals surface area (Å²) in [5.41, 5.74) is 16.0. The zero-order valence-electron chi connectivity index (χ0n) is 48.9. The first kappa shape index (κ1) is 75.4. The summed E-state index contributed by atoms with van der Waals surface area (Å²) in [5.74, 6) is 0.840. The predicted molar refractivity (Wildman–Crippen MR) is 359 cm³/mol. The number of hydrogen-bond donors (Lipinski definition) is 4. The molecule has 28 heteroatoms. The van der Waals surface area contributed by atoms with E-state index in [1.807, 2.05) is 32.4 Å². The monoisotopic (exact) mass is 1360 g/mol. The zero-order chi connectivity index (χ0) is 62.5. The molecule has 472 valence electrons. The lowest BCUT2D eigenvalue weighted by molar-refractivity contribution is -0.140. The van der Waals surface area contributed by atoms with E-state index in [4.69, 9.17) is 33.4 Å². The summed E-state index contributed by atoms with van der Waals surface area (Å²) in [6, 6.07) is 0. The normalized spacial score (nSPS) is 14.1. The summed E-state index contributed by atoms with van der Waals surface area (Å²) < 4.78 is 19.0. The molecule has 5 aliphatic rings. The first-order valence-corrected chi connectivity index (χ1v) is 36.1. The van der Waals surface area contributed by atoms with Gasteiger partial charge in [-0.2, -0.15) is 0 Å². The molecule has 19 nitrogen and oxygen atoms in total. The van der Waals surface area contributed by atoms with E-state index >= 15 is 0 Å². The number of fused-ring (bicyclic) bond motifs is 10. The second kappa shape index (κ2) is 39.9. The molecule has 0 aromatic carbocycles. The Morgan fingerprint density at radius 1 is 0.686 bits per heavy atom. The summed E-state index contributed by atoms with van der Waals surface area (Å²) in [6.07, 6.45) is 29.2. The molecule has 86 heavy (non-hydrogen) atoms. The summed E-state index contributed by atoms with van der Waals surface area (Å²) >= 11 is 26.8. The van der Waals surface area contributed by atoms with Crippen LogP contribution in [0.3, 0.4) is 0 Å². The smallest absolute Gasteiger partial charge is 0.387 e. The van der Waals surface area contributed by atoms with Crippen molar-refractivity contribution in [2.75, 3.05) is 58.6 Å². The number of anilines is 2. The fourth-order valence-electron chi connectivity index (χ4n) is 9.79. The van der Waals surface area contributed by atoms with Crippen LogP contribution in [0.1, 0.15) is 157 Å². The van der Waals surface area contributed by atoms with Gasteiger partial charge in [-0.25, -0.2) is 41.1 Å². The van der Waals surface area contributed by atoms with E-state index in [1.54, 1.807) is 53.6 Å². The number of Topliss-reactive ketones (excluding diaryl/α,β-unsaturated/α-hetero) is 1. The van der Waals surface area contributed by atoms with Crippen LogP contribution in [0.15, 0.2) is 23.8 Å². The van der Waals surface area contributed by atoms with Crippen LogP contribution < -0.4 is 27.2 Å². The molecule has 7 aromatic heterocycles. The number of nitrogens with zero attached hydrogens (tertiary/aromatic N) is 7. The van der Waals surface area contributed by atoms with E-state index in [9.17, 15) is 23.7 Å². The lowest BCUT2D eigenvalue weighted by Crippen LogP contribution is -2.12. The number of rotatable bonds is 5. The number of primary amides is 1. The maximum Gasteiger partial charge on any atom is 0.387 e. The van der Waals surface area contributed by atoms with E-state index in [2.05, 4.69) is 103 Å². The molecule has 5 aliphatic carbocycles. The highest BCUT2D eigenvalue weighted by Gasteiger charge is 2.26. The molecular weight excluding hydrogens is 1280 g/mol. The van der Waals surface area contributed by atoms with Crippen molar-refractivity contribution < 1.29 is 33.2 Å². The summed E-state index contributed by atoms with van der Waals surface area (Å²) in [4.78, 5) is 90.3. The van der Waals surface area contributed by atoms with Crippen LogP contribution in [0.25, 0.3) is 35.5 Å². The van der Waals surface area contributed by atoms with Crippen molar-refractivity contribution in [2.24, 2.45) is 5.73 Å². The Morgan fingerprint density at radius 3 is 1.55 bits per heavy atom. The topological polar surface area (TPSA) is 273 Å². The van der Waals surface area contributed by atoms with Gasteiger partial charge in [-0.05, 0) is 199 Å². The largest absolute Gasteiger partial charge is 0.462 e. The number of hydrogen-bond acceptors (Lipinski definition) is 20. The molecule has 0 spiro atoms. The molecular formula is C58H80Cl4N11O8PS4. The zero-order valence-corrected chi connectivity index (χ0v) is 56.1. The number of thiophene rings is 4. The molecule has 1 fully saturated rings. The SMILES string of the molecule is C.CCOC(=O)c1c(N)sc2c1CCCC2.CN(C)c1ncnc2sc3c(c12)CCCC3.CNC.Clc1ncnc2sc3c(c12)CCCC3.NC=O.O=C1CCCCC1.O=P(Cl)(Cl)Cl.O=c1[nH]cnc2sc3c(c12)CCCC3.[C-]#[N+]CC(=O)OCC. The van der Waals surface area contributed by atoms with Crippen LogP contribution in [-0.2, 0) is 79.8 Å². The number of carbonyl (C=O) groups is 4. The average Bonchev–Trinajstić information content (AvgIpc) is 1.98. The predicted octanol–water partition coefficient (Wildman–Crippen LogP) is 14.5. The van der Waals surface area contributed by atoms with Gasteiger partial charge < -0.3 is 41.0 Å². The van der Waals surface area contributed by atoms with E-state index in [0.29, 0.717) is 34.7 Å². The van der Waals surface area contributed by atoms with Crippen LogP contribution in [0.5, 0.6) is 0 Å². The number of aromatic nitrogens is 6. The third-order valence-electron chi connectivity index (χ3n) is 13.2. The van der Waals surface area contributed by atoms with E-state index in [-0.39, 0.29) is 31.9 Å². The average molecular weight is 1360 g/mol. The van der Waals surface area contributed by atoms with Gasteiger partial charge in [0.1, 0.15) is 48.9 Å². The van der Waals surface area contributed by atoms with Crippen molar-refractivity contribution in [3.8, 4) is 0 Å². The summed E-state index contributed by atoms with van der Waals surface area (Å²) in [5, 5.41) is 4.02. The molecule has 12 rings (SSSR count). The Morgan fingerprint density at radius 2 is 1.09 bits per heavy atom. The Balaban J connectivity index is 0.000000265. The second-order valence-corrected chi connectivity index (χ2v) is 31.0. The van der Waals surface area contributed by atoms with Crippen molar-refractivity contribution in [2.45, 2.75) is 156 Å². The molecule has 0 unspecified atom stereocenters. The molecule has 0 aliphatic heterocycles. The maximum absolute atomic E-state index is 11.7. The van der Waals surface area contributed by atoms with Gasteiger partial charge in [0.05, 0.1) is 41.3 Å². The molecule has 1 saturated carbocycles. The lowest BCUT2D eigenvalue weighted by Gasteiger charge is -2.15. The Kier molecular flexibility index (Phi) is 35.0. The number of ketones is 1. The molecule has 0 radical (unpaired) electrons. The van der Waals surface area contributed by atoms with Gasteiger partial charge in [0, 0.05) is 46.4 Å². The Labute approximate surface area is 539 Å². The number of nitrogens with two attached hydrogens (primary N) is 2. The number of aryl methyl sites for hydroxylation is 7. The quantitative estimate of drug-likeness (QED) is 0.0410. The number of ether oxygens (including phenoxy) is 2. The van der Waals surface area contributed by atoms with Gasteiger partial charge in [0.15, 0.2) is 0 Å². The molecule has 7 aromatic rings. The maximum atomic E-state index is 11.7. The van der Waals surface area contributed by atoms with E-state index in [1.165, 1.54) is 119 Å². The number of H-pyrrole nitrogens is 1. The minimum absolute atomic E-state index is 0. The molecule has 0 bridgehead atoms. The van der Waals surface area contributed by atoms with E-state index in [0.717, 1.165) is 101 Å². The highest BCUT2D eigenvalue weighted by Crippen LogP contribution is 2.61. The van der Waals surface area contributed by atoms with Crippen LogP contribution in [0, 0.1) is 6.57 Å². The van der Waals surface area contributed by atoms with Gasteiger partial charge in [-0.3, -0.25) is 18.9 Å². The molecule has 6 N–H and O–H groups in total. The third-order valence-corrected chi connectivity index (χ3v) is 18.2. The first-order valence-electron chi connectivity index (χ1n) is 28.1. The Hall–Kier alpha value is -4.86.